The molecule has 0 saturated carbocycles. The van der Waals surface area contributed by atoms with Gasteiger partial charge in [-0.2, -0.15) is 0 Å². The van der Waals surface area contributed by atoms with E-state index in [1.54, 1.807) is 28.2 Å². The van der Waals surface area contributed by atoms with Crippen LogP contribution in [0.5, 0.6) is 0 Å². The van der Waals surface area contributed by atoms with Gasteiger partial charge in [0.2, 0.25) is 0 Å². The number of hydrazine groups is 1. The molecular weight excluding hydrogens is 362 g/mol. The van der Waals surface area contributed by atoms with E-state index in [0.717, 1.165) is 12.1 Å². The molecule has 0 bridgehead atoms. The molecule has 148 valence electrons. The van der Waals surface area contributed by atoms with E-state index in [1.165, 1.54) is 12.1 Å². The van der Waals surface area contributed by atoms with Crippen LogP contribution >= 0.6 is 0 Å². The zero-order chi connectivity index (χ0) is 20.5. The lowest BCUT2D eigenvalue weighted by Crippen LogP contribution is -2.44. The number of carbonyl (C=O) groups excluding carboxylic acids is 1. The van der Waals surface area contributed by atoms with Crippen LogP contribution in [0.25, 0.3) is 11.4 Å². The second kappa shape index (κ2) is 7.41. The fourth-order valence-corrected chi connectivity index (χ4v) is 2.90. The first-order chi connectivity index (χ1) is 13.1. The second-order valence-corrected chi connectivity index (χ2v) is 7.58. The summed E-state index contributed by atoms with van der Waals surface area (Å²) < 4.78 is 5.49. The van der Waals surface area contributed by atoms with Crippen molar-refractivity contribution in [3.05, 3.63) is 46.1 Å². The molecule has 9 heteroatoms. The van der Waals surface area contributed by atoms with Gasteiger partial charge in [0.05, 0.1) is 4.92 Å². The number of benzene rings is 1. The predicted molar refractivity (Wildman–Crippen MR) is 104 cm³/mol. The number of nitro benzene ring substituents is 1. The average molecular weight is 385 g/mol. The van der Waals surface area contributed by atoms with Gasteiger partial charge in [-0.15, -0.1) is 0 Å². The maximum absolute atomic E-state index is 12.5. The minimum absolute atomic E-state index is 0.00673. The standard InChI is InChI=1S/C19H23N5O4/c1-13-12-16(22-10-5-11-23(22)18(25)28-19(2,3)4)21-17(20-13)14-6-8-15(9-7-14)24(26)27/h6-9,12H,5,10-11H2,1-4H3. The number of ether oxygens (including phenoxy) is 1. The summed E-state index contributed by atoms with van der Waals surface area (Å²) in [6, 6.07) is 7.88. The first-order valence-corrected chi connectivity index (χ1v) is 9.02. The number of non-ortho nitro benzene ring substituents is 1. The zero-order valence-electron chi connectivity index (χ0n) is 16.4. The number of anilines is 1. The van der Waals surface area contributed by atoms with Crippen LogP contribution < -0.4 is 5.01 Å². The van der Waals surface area contributed by atoms with Crippen molar-refractivity contribution in [2.45, 2.75) is 39.7 Å². The Bertz CT molecular complexity index is 892. The Balaban J connectivity index is 1.90. The first-order valence-electron chi connectivity index (χ1n) is 9.02. The summed E-state index contributed by atoms with van der Waals surface area (Å²) in [5, 5.41) is 14.2. The minimum Gasteiger partial charge on any atom is -0.442 e. The Morgan fingerprint density at radius 3 is 2.46 bits per heavy atom. The number of nitro groups is 1. The van der Waals surface area contributed by atoms with Gasteiger partial charge >= 0.3 is 6.09 Å². The molecular formula is C19H23N5O4. The molecule has 3 rings (SSSR count). The molecule has 2 heterocycles. The Kier molecular flexibility index (Phi) is 5.17. The highest BCUT2D eigenvalue weighted by Gasteiger charge is 2.32. The van der Waals surface area contributed by atoms with Crippen LogP contribution in [0.2, 0.25) is 0 Å². The fraction of sp³-hybridized carbons (Fsp3) is 0.421. The quantitative estimate of drug-likeness (QED) is 0.586. The molecule has 1 aromatic heterocycles. The molecule has 0 unspecified atom stereocenters. The number of nitrogens with zero attached hydrogens (tertiary/aromatic N) is 5. The first kappa shape index (κ1) is 19.5. The van der Waals surface area contributed by atoms with E-state index in [1.807, 2.05) is 27.7 Å². The molecule has 1 aliphatic rings. The van der Waals surface area contributed by atoms with Gasteiger partial charge in [0.15, 0.2) is 11.6 Å². The van der Waals surface area contributed by atoms with Crippen molar-refractivity contribution < 1.29 is 14.5 Å². The molecule has 9 nitrogen and oxygen atoms in total. The van der Waals surface area contributed by atoms with E-state index in [0.29, 0.717) is 30.3 Å². The third-order valence-electron chi connectivity index (χ3n) is 4.08. The monoisotopic (exact) mass is 385 g/mol. The zero-order valence-corrected chi connectivity index (χ0v) is 16.4. The Morgan fingerprint density at radius 2 is 1.86 bits per heavy atom. The van der Waals surface area contributed by atoms with E-state index >= 15 is 0 Å². The summed E-state index contributed by atoms with van der Waals surface area (Å²) in [5.41, 5.74) is 0.817. The topological polar surface area (TPSA) is 102 Å². The minimum atomic E-state index is -0.586. The van der Waals surface area contributed by atoms with E-state index < -0.39 is 16.6 Å². The molecule has 1 aliphatic heterocycles. The molecule has 28 heavy (non-hydrogen) atoms. The molecule has 1 aromatic carbocycles. The highest BCUT2D eigenvalue weighted by molar-refractivity contribution is 5.71. The van der Waals surface area contributed by atoms with Gasteiger partial charge in [0.1, 0.15) is 5.60 Å². The van der Waals surface area contributed by atoms with Gasteiger partial charge in [-0.3, -0.25) is 15.1 Å². The number of aromatic nitrogens is 2. The van der Waals surface area contributed by atoms with Crippen LogP contribution in [0.4, 0.5) is 16.3 Å². The summed E-state index contributed by atoms with van der Waals surface area (Å²) >= 11 is 0. The molecule has 2 aromatic rings. The summed E-state index contributed by atoms with van der Waals surface area (Å²) in [4.78, 5) is 32.0. The van der Waals surface area contributed by atoms with Crippen LogP contribution in [-0.2, 0) is 4.74 Å². The highest BCUT2D eigenvalue weighted by Crippen LogP contribution is 2.26. The van der Waals surface area contributed by atoms with Gasteiger partial charge in [-0.1, -0.05) is 0 Å². The van der Waals surface area contributed by atoms with Gasteiger partial charge in [-0.05, 0) is 46.2 Å². The molecule has 0 atom stereocenters. The lowest BCUT2D eigenvalue weighted by Gasteiger charge is -2.31. The molecule has 0 aliphatic carbocycles. The van der Waals surface area contributed by atoms with Crippen LogP contribution in [-0.4, -0.2) is 44.7 Å². The third kappa shape index (κ3) is 4.36. The van der Waals surface area contributed by atoms with Crippen LogP contribution in [0.3, 0.4) is 0 Å². The van der Waals surface area contributed by atoms with Crippen molar-refractivity contribution in [1.82, 2.24) is 15.0 Å². The maximum Gasteiger partial charge on any atom is 0.429 e. The summed E-state index contributed by atoms with van der Waals surface area (Å²) in [7, 11) is 0. The van der Waals surface area contributed by atoms with Crippen LogP contribution in [0.1, 0.15) is 32.9 Å². The van der Waals surface area contributed by atoms with Crippen molar-refractivity contribution in [2.75, 3.05) is 18.1 Å². The van der Waals surface area contributed by atoms with E-state index in [-0.39, 0.29) is 5.69 Å². The highest BCUT2D eigenvalue weighted by atomic mass is 16.6. The van der Waals surface area contributed by atoms with E-state index in [2.05, 4.69) is 9.97 Å². The van der Waals surface area contributed by atoms with E-state index in [4.69, 9.17) is 4.74 Å². The summed E-state index contributed by atoms with van der Waals surface area (Å²) in [5.74, 6) is 1.03. The number of rotatable bonds is 3. The number of hydrogen-bond donors (Lipinski definition) is 0. The summed E-state index contributed by atoms with van der Waals surface area (Å²) in [6.45, 7) is 8.50. The molecule has 1 amide bonds. The van der Waals surface area contributed by atoms with Gasteiger partial charge in [0.25, 0.3) is 5.69 Å². The van der Waals surface area contributed by atoms with Crippen LogP contribution in [0, 0.1) is 17.0 Å². The SMILES string of the molecule is Cc1cc(N2CCCN2C(=O)OC(C)(C)C)nc(-c2ccc([N+](=O)[O-])cc2)n1. The third-order valence-corrected chi connectivity index (χ3v) is 4.08. The Hall–Kier alpha value is -3.23. The lowest BCUT2D eigenvalue weighted by atomic mass is 10.2. The lowest BCUT2D eigenvalue weighted by molar-refractivity contribution is -0.384. The Morgan fingerprint density at radius 1 is 1.18 bits per heavy atom. The molecule has 0 N–H and O–H groups in total. The predicted octanol–water partition coefficient (Wildman–Crippen LogP) is 3.72. The number of hydrogen-bond acceptors (Lipinski definition) is 7. The molecule has 1 fully saturated rings. The van der Waals surface area contributed by atoms with Crippen molar-refractivity contribution in [3.63, 3.8) is 0 Å². The van der Waals surface area contributed by atoms with Crippen molar-refractivity contribution >= 4 is 17.6 Å². The van der Waals surface area contributed by atoms with E-state index in [9.17, 15) is 14.9 Å². The van der Waals surface area contributed by atoms with Gasteiger partial charge < -0.3 is 4.74 Å². The largest absolute Gasteiger partial charge is 0.442 e. The van der Waals surface area contributed by atoms with Gasteiger partial charge in [-0.25, -0.2) is 19.8 Å². The molecule has 0 spiro atoms. The summed E-state index contributed by atoms with van der Waals surface area (Å²) in [6.07, 6.45) is 0.382. The number of carbonyl (C=O) groups is 1. The van der Waals surface area contributed by atoms with Crippen LogP contribution in [0.15, 0.2) is 30.3 Å². The molecule has 0 radical (unpaired) electrons. The second-order valence-electron chi connectivity index (χ2n) is 7.58. The molecule has 1 saturated heterocycles. The average Bonchev–Trinajstić information content (AvgIpc) is 3.10. The fourth-order valence-electron chi connectivity index (χ4n) is 2.90. The normalized spacial score (nSPS) is 14.3. The van der Waals surface area contributed by atoms with Crippen molar-refractivity contribution in [3.8, 4) is 11.4 Å². The maximum atomic E-state index is 12.5. The Labute approximate surface area is 163 Å². The number of amides is 1. The van der Waals surface area contributed by atoms with Gasteiger partial charge in [0, 0.05) is 42.5 Å². The smallest absolute Gasteiger partial charge is 0.429 e. The number of aryl methyl sites for hydroxylation is 1. The van der Waals surface area contributed by atoms with Crippen molar-refractivity contribution in [1.29, 1.82) is 0 Å². The van der Waals surface area contributed by atoms with Crippen molar-refractivity contribution in [2.24, 2.45) is 0 Å².